The first-order valence-electron chi connectivity index (χ1n) is 9.23. The molecule has 164 valence electrons. The van der Waals surface area contributed by atoms with E-state index in [9.17, 15) is 18.0 Å². The van der Waals surface area contributed by atoms with E-state index < -0.39 is 11.6 Å². The van der Waals surface area contributed by atoms with Crippen LogP contribution < -0.4 is 11.1 Å². The summed E-state index contributed by atoms with van der Waals surface area (Å²) in [7, 11) is 0. The molecule has 3 heterocycles. The summed E-state index contributed by atoms with van der Waals surface area (Å²) >= 11 is 1.25. The number of thiazole rings is 1. The number of urea groups is 1. The molecule has 7 nitrogen and oxygen atoms in total. The van der Waals surface area contributed by atoms with Gasteiger partial charge in [-0.05, 0) is 51.3 Å². The van der Waals surface area contributed by atoms with Crippen LogP contribution in [0.3, 0.4) is 0 Å². The van der Waals surface area contributed by atoms with Crippen LogP contribution in [-0.4, -0.2) is 46.6 Å². The summed E-state index contributed by atoms with van der Waals surface area (Å²) in [5, 5.41) is 3.22. The molecule has 3 rings (SSSR count). The second-order valence-corrected chi connectivity index (χ2v) is 8.25. The minimum absolute atomic E-state index is 0.0528. The van der Waals surface area contributed by atoms with Crippen LogP contribution >= 0.6 is 11.3 Å². The minimum atomic E-state index is -4.41. The molecule has 0 aromatic carbocycles. The summed E-state index contributed by atoms with van der Waals surface area (Å²) in [4.78, 5) is 31.5. The van der Waals surface area contributed by atoms with E-state index in [0.717, 1.165) is 39.8 Å². The van der Waals surface area contributed by atoms with Crippen molar-refractivity contribution in [3.05, 3.63) is 29.7 Å². The topological polar surface area (TPSA) is 101 Å². The third-order valence-electron chi connectivity index (χ3n) is 4.77. The standard InChI is InChI=1S/C18H21F3N4OS.CH3NO/c1-11-14(27-15(23-11)24-16(26)25-8-4-5-9-25)12-6-7-22-13(10-12)17(2,3)18(19,20)21;2-1-3/h6-7,10H,4-5,8-9H2,1-3H3,(H,23,24,26);1H,(H2,2,3). The number of amides is 3. The van der Waals surface area contributed by atoms with Crippen molar-refractivity contribution >= 4 is 28.9 Å². The van der Waals surface area contributed by atoms with Gasteiger partial charge in [0.05, 0.1) is 16.3 Å². The zero-order valence-corrected chi connectivity index (χ0v) is 17.7. The Morgan fingerprint density at radius 2 is 1.90 bits per heavy atom. The number of halogens is 3. The Morgan fingerprint density at radius 3 is 2.47 bits per heavy atom. The number of rotatable bonds is 3. The van der Waals surface area contributed by atoms with Crippen LogP contribution in [0.4, 0.5) is 23.1 Å². The number of nitrogens with one attached hydrogen (secondary N) is 1. The number of primary amides is 1. The Morgan fingerprint density at radius 1 is 1.30 bits per heavy atom. The van der Waals surface area contributed by atoms with E-state index >= 15 is 0 Å². The van der Waals surface area contributed by atoms with Gasteiger partial charge in [-0.15, -0.1) is 0 Å². The second kappa shape index (κ2) is 9.41. The number of hydrogen-bond acceptors (Lipinski definition) is 5. The van der Waals surface area contributed by atoms with Gasteiger partial charge in [-0.2, -0.15) is 13.2 Å². The number of carbonyl (C=O) groups is 2. The summed E-state index contributed by atoms with van der Waals surface area (Å²) < 4.78 is 40.0. The van der Waals surface area contributed by atoms with Crippen LogP contribution in [0.5, 0.6) is 0 Å². The van der Waals surface area contributed by atoms with Crippen molar-refractivity contribution in [2.24, 2.45) is 5.73 Å². The minimum Gasteiger partial charge on any atom is -0.372 e. The maximum absolute atomic E-state index is 13.3. The van der Waals surface area contributed by atoms with Gasteiger partial charge in [-0.3, -0.25) is 15.1 Å². The van der Waals surface area contributed by atoms with E-state index in [4.69, 9.17) is 4.79 Å². The molecule has 11 heteroatoms. The van der Waals surface area contributed by atoms with Crippen molar-refractivity contribution in [2.45, 2.75) is 45.2 Å². The van der Waals surface area contributed by atoms with Gasteiger partial charge in [0.25, 0.3) is 0 Å². The van der Waals surface area contributed by atoms with Gasteiger partial charge in [0.2, 0.25) is 6.41 Å². The highest BCUT2D eigenvalue weighted by atomic mass is 32.1. The molecule has 1 aliphatic rings. The molecular weight excluding hydrogens is 419 g/mol. The van der Waals surface area contributed by atoms with Crippen LogP contribution in [0.25, 0.3) is 10.4 Å². The van der Waals surface area contributed by atoms with Crippen molar-refractivity contribution in [3.8, 4) is 10.4 Å². The maximum Gasteiger partial charge on any atom is 0.399 e. The molecule has 1 aliphatic heterocycles. The van der Waals surface area contributed by atoms with Crippen molar-refractivity contribution in [3.63, 3.8) is 0 Å². The largest absolute Gasteiger partial charge is 0.399 e. The molecule has 0 saturated carbocycles. The highest BCUT2D eigenvalue weighted by molar-refractivity contribution is 7.19. The van der Waals surface area contributed by atoms with Gasteiger partial charge in [0.1, 0.15) is 5.41 Å². The van der Waals surface area contributed by atoms with E-state index in [1.165, 1.54) is 23.6 Å². The van der Waals surface area contributed by atoms with Crippen LogP contribution in [0.1, 0.15) is 38.1 Å². The third-order valence-corrected chi connectivity index (χ3v) is 5.90. The lowest BCUT2D eigenvalue weighted by Crippen LogP contribution is -2.37. The summed E-state index contributed by atoms with van der Waals surface area (Å²) in [5.74, 6) is 0. The van der Waals surface area contributed by atoms with Gasteiger partial charge in [-0.1, -0.05) is 11.3 Å². The van der Waals surface area contributed by atoms with Crippen molar-refractivity contribution in [1.82, 2.24) is 14.9 Å². The number of nitrogens with zero attached hydrogens (tertiary/aromatic N) is 3. The Balaban J connectivity index is 0.00000101. The van der Waals surface area contributed by atoms with Crippen LogP contribution in [0.15, 0.2) is 18.3 Å². The molecule has 0 spiro atoms. The van der Waals surface area contributed by atoms with Crippen LogP contribution in [0, 0.1) is 6.92 Å². The average molecular weight is 443 g/mol. The van der Waals surface area contributed by atoms with Crippen molar-refractivity contribution in [2.75, 3.05) is 18.4 Å². The number of aromatic nitrogens is 2. The predicted octanol–water partition coefficient (Wildman–Crippen LogP) is 4.08. The fourth-order valence-electron chi connectivity index (χ4n) is 2.87. The first-order valence-corrected chi connectivity index (χ1v) is 10.0. The van der Waals surface area contributed by atoms with E-state index in [0.29, 0.717) is 21.3 Å². The second-order valence-electron chi connectivity index (χ2n) is 7.25. The van der Waals surface area contributed by atoms with E-state index in [1.807, 2.05) is 0 Å². The fourth-order valence-corrected chi connectivity index (χ4v) is 3.82. The van der Waals surface area contributed by atoms with E-state index in [1.54, 1.807) is 17.9 Å². The van der Waals surface area contributed by atoms with Crippen molar-refractivity contribution in [1.29, 1.82) is 0 Å². The number of hydrogen-bond donors (Lipinski definition) is 2. The number of pyridine rings is 1. The quantitative estimate of drug-likeness (QED) is 0.698. The molecule has 2 aromatic heterocycles. The van der Waals surface area contributed by atoms with Gasteiger partial charge in [0, 0.05) is 19.3 Å². The summed E-state index contributed by atoms with van der Waals surface area (Å²) in [6, 6.07) is 2.91. The molecule has 2 aromatic rings. The lowest BCUT2D eigenvalue weighted by atomic mass is 9.87. The van der Waals surface area contributed by atoms with Gasteiger partial charge in [0.15, 0.2) is 5.13 Å². The molecule has 1 saturated heterocycles. The molecule has 0 bridgehead atoms. The summed E-state index contributed by atoms with van der Waals surface area (Å²) in [5.41, 5.74) is 3.31. The zero-order chi connectivity index (χ0) is 22.5. The Labute approximate surface area is 176 Å². The van der Waals surface area contributed by atoms with Gasteiger partial charge < -0.3 is 10.6 Å². The smallest absolute Gasteiger partial charge is 0.372 e. The number of carbonyl (C=O) groups excluding carboxylic acids is 2. The summed E-state index contributed by atoms with van der Waals surface area (Å²) in [6.45, 7) is 5.44. The molecule has 0 atom stereocenters. The third kappa shape index (κ3) is 5.26. The number of aryl methyl sites for hydroxylation is 1. The number of anilines is 1. The molecule has 0 radical (unpaired) electrons. The predicted molar refractivity (Wildman–Crippen MR) is 109 cm³/mol. The molecule has 0 unspecified atom stereocenters. The van der Waals surface area contributed by atoms with Crippen LogP contribution in [-0.2, 0) is 10.2 Å². The first-order chi connectivity index (χ1) is 14.0. The van der Waals surface area contributed by atoms with E-state index in [2.05, 4.69) is 21.0 Å². The zero-order valence-electron chi connectivity index (χ0n) is 16.9. The normalized spacial score (nSPS) is 14.1. The average Bonchev–Trinajstić information content (AvgIpc) is 3.31. The Hall–Kier alpha value is -2.69. The SMILES string of the molecule is Cc1nc(NC(=O)N2CCCC2)sc1-c1ccnc(C(C)(C)C(F)(F)F)c1.NC=O. The molecule has 3 amide bonds. The van der Waals surface area contributed by atoms with Crippen LogP contribution in [0.2, 0.25) is 0 Å². The summed E-state index contributed by atoms with van der Waals surface area (Å²) in [6.07, 6.45) is -0.801. The number of likely N-dealkylation sites (tertiary alicyclic amines) is 1. The van der Waals surface area contributed by atoms with E-state index in [-0.39, 0.29) is 18.1 Å². The number of alkyl halides is 3. The Kier molecular flexibility index (Phi) is 7.40. The lowest BCUT2D eigenvalue weighted by molar-refractivity contribution is -0.181. The molecule has 30 heavy (non-hydrogen) atoms. The lowest BCUT2D eigenvalue weighted by Gasteiger charge is -2.27. The molecule has 3 N–H and O–H groups in total. The highest BCUT2D eigenvalue weighted by Gasteiger charge is 2.49. The molecule has 1 fully saturated rings. The fraction of sp³-hybridized carbons (Fsp3) is 0.474. The van der Waals surface area contributed by atoms with Gasteiger partial charge in [-0.25, -0.2) is 9.78 Å². The molecular formula is C19H24F3N5O2S. The van der Waals surface area contributed by atoms with Crippen molar-refractivity contribution < 1.29 is 22.8 Å². The highest BCUT2D eigenvalue weighted by Crippen LogP contribution is 2.41. The first kappa shape index (κ1) is 23.6. The monoisotopic (exact) mass is 443 g/mol. The number of nitrogens with two attached hydrogens (primary N) is 1. The maximum atomic E-state index is 13.3. The Bertz CT molecular complexity index is 893. The molecule has 0 aliphatic carbocycles. The van der Waals surface area contributed by atoms with Gasteiger partial charge >= 0.3 is 12.2 Å².